The fourth-order valence-corrected chi connectivity index (χ4v) is 5.37. The van der Waals surface area contributed by atoms with Crippen molar-refractivity contribution in [1.82, 2.24) is 4.31 Å². The van der Waals surface area contributed by atoms with E-state index in [1.165, 1.54) is 29.6 Å². The lowest BCUT2D eigenvalue weighted by Crippen LogP contribution is -2.31. The lowest BCUT2D eigenvalue weighted by Gasteiger charge is -2.30. The monoisotopic (exact) mass is 444 g/mol. The summed E-state index contributed by atoms with van der Waals surface area (Å²) in [5.74, 6) is -0.231. The summed E-state index contributed by atoms with van der Waals surface area (Å²) in [7, 11) is -3.57. The number of nitrogens with zero attached hydrogens (tertiary/aromatic N) is 2. The molecule has 2 N–H and O–H groups in total. The highest BCUT2D eigenvalue weighted by Gasteiger charge is 2.22. The van der Waals surface area contributed by atoms with Crippen molar-refractivity contribution >= 4 is 33.0 Å². The molecular weight excluding hydrogens is 412 g/mol. The molecular formula is C23H32N4O3S. The molecule has 2 aromatic carbocycles. The SMILES string of the molecule is CCN(CC)S(=O)(=O)c1cccc(NC(=O)CNc2ccccc2N2CCCCC2)c1. The molecule has 31 heavy (non-hydrogen) atoms. The third kappa shape index (κ3) is 5.77. The highest BCUT2D eigenvalue weighted by atomic mass is 32.2. The number of rotatable bonds is 9. The maximum atomic E-state index is 12.7. The molecule has 1 aliphatic heterocycles. The van der Waals surface area contributed by atoms with Crippen molar-refractivity contribution in [3.8, 4) is 0 Å². The van der Waals surface area contributed by atoms with Gasteiger partial charge in [-0.15, -0.1) is 0 Å². The highest BCUT2D eigenvalue weighted by Crippen LogP contribution is 2.28. The Morgan fingerprint density at radius 2 is 1.71 bits per heavy atom. The van der Waals surface area contributed by atoms with Gasteiger partial charge in [0.1, 0.15) is 0 Å². The van der Waals surface area contributed by atoms with E-state index in [1.807, 2.05) is 18.2 Å². The molecule has 7 nitrogen and oxygen atoms in total. The van der Waals surface area contributed by atoms with Gasteiger partial charge in [-0.2, -0.15) is 4.31 Å². The number of amides is 1. The van der Waals surface area contributed by atoms with Crippen LogP contribution < -0.4 is 15.5 Å². The highest BCUT2D eigenvalue weighted by molar-refractivity contribution is 7.89. The topological polar surface area (TPSA) is 81.8 Å². The molecule has 1 fully saturated rings. The van der Waals surface area contributed by atoms with E-state index in [0.717, 1.165) is 24.5 Å². The van der Waals surface area contributed by atoms with E-state index in [9.17, 15) is 13.2 Å². The van der Waals surface area contributed by atoms with Crippen molar-refractivity contribution in [2.75, 3.05) is 48.3 Å². The number of sulfonamides is 1. The summed E-state index contributed by atoms with van der Waals surface area (Å²) in [5.41, 5.74) is 2.50. The number of hydrogen-bond donors (Lipinski definition) is 2. The molecule has 0 atom stereocenters. The quantitative estimate of drug-likeness (QED) is 0.615. The minimum Gasteiger partial charge on any atom is -0.374 e. The average molecular weight is 445 g/mol. The van der Waals surface area contributed by atoms with Crippen LogP contribution in [-0.2, 0) is 14.8 Å². The van der Waals surface area contributed by atoms with Crippen molar-refractivity contribution in [3.63, 3.8) is 0 Å². The van der Waals surface area contributed by atoms with Gasteiger partial charge in [-0.05, 0) is 49.6 Å². The van der Waals surface area contributed by atoms with E-state index in [4.69, 9.17) is 0 Å². The molecule has 3 rings (SSSR count). The van der Waals surface area contributed by atoms with Crippen LogP contribution in [0.1, 0.15) is 33.1 Å². The molecule has 1 amide bonds. The summed E-state index contributed by atoms with van der Waals surface area (Å²) in [6.45, 7) is 6.56. The minimum atomic E-state index is -3.57. The zero-order valence-corrected chi connectivity index (χ0v) is 19.1. The van der Waals surface area contributed by atoms with Crippen molar-refractivity contribution in [2.24, 2.45) is 0 Å². The van der Waals surface area contributed by atoms with E-state index >= 15 is 0 Å². The predicted octanol–water partition coefficient (Wildman–Crippen LogP) is 3.76. The smallest absolute Gasteiger partial charge is 0.243 e. The first-order valence-corrected chi connectivity index (χ1v) is 12.4. The number of benzene rings is 2. The molecule has 168 valence electrons. The fourth-order valence-electron chi connectivity index (χ4n) is 3.86. The fraction of sp³-hybridized carbons (Fsp3) is 0.435. The molecule has 0 unspecified atom stereocenters. The Balaban J connectivity index is 1.65. The van der Waals surface area contributed by atoms with E-state index in [1.54, 1.807) is 32.0 Å². The van der Waals surface area contributed by atoms with E-state index in [2.05, 4.69) is 21.6 Å². The average Bonchev–Trinajstić information content (AvgIpc) is 2.79. The second-order valence-corrected chi connectivity index (χ2v) is 9.52. The molecule has 8 heteroatoms. The Morgan fingerprint density at radius 1 is 1.00 bits per heavy atom. The summed E-state index contributed by atoms with van der Waals surface area (Å²) in [5, 5.41) is 6.03. The van der Waals surface area contributed by atoms with Gasteiger partial charge in [-0.3, -0.25) is 4.79 Å². The van der Waals surface area contributed by atoms with Crippen LogP contribution in [0.2, 0.25) is 0 Å². The number of hydrogen-bond acceptors (Lipinski definition) is 5. The summed E-state index contributed by atoms with van der Waals surface area (Å²) >= 11 is 0. The number of para-hydroxylation sites is 2. The minimum absolute atomic E-state index is 0.0951. The van der Waals surface area contributed by atoms with Crippen LogP contribution in [-0.4, -0.2) is 51.4 Å². The summed E-state index contributed by atoms with van der Waals surface area (Å²) < 4.78 is 26.9. The third-order valence-electron chi connectivity index (χ3n) is 5.50. The lowest BCUT2D eigenvalue weighted by molar-refractivity contribution is -0.114. The maximum absolute atomic E-state index is 12.7. The van der Waals surface area contributed by atoms with Gasteiger partial charge in [0.05, 0.1) is 22.8 Å². The van der Waals surface area contributed by atoms with Crippen LogP contribution >= 0.6 is 0 Å². The van der Waals surface area contributed by atoms with Crippen LogP contribution in [0.25, 0.3) is 0 Å². The van der Waals surface area contributed by atoms with Crippen LogP contribution in [0, 0.1) is 0 Å². The van der Waals surface area contributed by atoms with Gasteiger partial charge in [0.15, 0.2) is 0 Å². The molecule has 0 radical (unpaired) electrons. The van der Waals surface area contributed by atoms with Gasteiger partial charge in [-0.1, -0.05) is 32.0 Å². The Bertz CT molecular complexity index is 984. The molecule has 0 spiro atoms. The predicted molar refractivity (Wildman–Crippen MR) is 126 cm³/mol. The third-order valence-corrected chi connectivity index (χ3v) is 7.55. The van der Waals surface area contributed by atoms with Crippen LogP contribution in [0.4, 0.5) is 17.1 Å². The van der Waals surface area contributed by atoms with Gasteiger partial charge >= 0.3 is 0 Å². The Morgan fingerprint density at radius 3 is 2.42 bits per heavy atom. The standard InChI is InChI=1S/C23H32N4O3S/c1-3-27(4-2)31(29,30)20-12-10-11-19(17-20)25-23(28)18-24-21-13-6-7-14-22(21)26-15-8-5-9-16-26/h6-7,10-14,17,24H,3-5,8-9,15-16,18H2,1-2H3,(H,25,28). The molecule has 1 saturated heterocycles. The van der Waals surface area contributed by atoms with Gasteiger partial charge in [0.25, 0.3) is 0 Å². The molecule has 0 aliphatic carbocycles. The summed E-state index contributed by atoms with van der Waals surface area (Å²) in [4.78, 5) is 15.1. The molecule has 0 bridgehead atoms. The van der Waals surface area contributed by atoms with E-state index < -0.39 is 10.0 Å². The number of carbonyl (C=O) groups is 1. The molecule has 1 heterocycles. The van der Waals surface area contributed by atoms with E-state index in [-0.39, 0.29) is 17.3 Å². The Labute approximate surface area is 185 Å². The zero-order chi connectivity index (χ0) is 22.3. The maximum Gasteiger partial charge on any atom is 0.243 e. The largest absolute Gasteiger partial charge is 0.374 e. The second kappa shape index (κ2) is 10.6. The summed E-state index contributed by atoms with van der Waals surface area (Å²) in [6.07, 6.45) is 3.63. The lowest BCUT2D eigenvalue weighted by atomic mass is 10.1. The number of anilines is 3. The van der Waals surface area contributed by atoms with E-state index in [0.29, 0.717) is 18.8 Å². The summed E-state index contributed by atoms with van der Waals surface area (Å²) in [6, 6.07) is 14.4. The first-order chi connectivity index (χ1) is 15.0. The van der Waals surface area contributed by atoms with Gasteiger partial charge < -0.3 is 15.5 Å². The van der Waals surface area contributed by atoms with Crippen LogP contribution in [0.5, 0.6) is 0 Å². The molecule has 0 aromatic heterocycles. The van der Waals surface area contributed by atoms with Crippen molar-refractivity contribution in [3.05, 3.63) is 48.5 Å². The molecule has 1 aliphatic rings. The van der Waals surface area contributed by atoms with Crippen LogP contribution in [0.15, 0.2) is 53.4 Å². The number of nitrogens with one attached hydrogen (secondary N) is 2. The van der Waals surface area contributed by atoms with Crippen molar-refractivity contribution in [1.29, 1.82) is 0 Å². The zero-order valence-electron chi connectivity index (χ0n) is 18.3. The van der Waals surface area contributed by atoms with Gasteiger partial charge in [0.2, 0.25) is 15.9 Å². The first kappa shape index (κ1) is 23.1. The number of piperidine rings is 1. The van der Waals surface area contributed by atoms with Crippen molar-refractivity contribution < 1.29 is 13.2 Å². The van der Waals surface area contributed by atoms with Gasteiger partial charge in [0, 0.05) is 31.9 Å². The Hall–Kier alpha value is -2.58. The molecule has 0 saturated carbocycles. The van der Waals surface area contributed by atoms with Crippen LogP contribution in [0.3, 0.4) is 0 Å². The number of carbonyl (C=O) groups excluding carboxylic acids is 1. The normalized spacial score (nSPS) is 14.5. The first-order valence-electron chi connectivity index (χ1n) is 10.9. The van der Waals surface area contributed by atoms with Gasteiger partial charge in [-0.25, -0.2) is 8.42 Å². The van der Waals surface area contributed by atoms with Crippen molar-refractivity contribution in [2.45, 2.75) is 38.0 Å². The Kier molecular flexibility index (Phi) is 7.92. The molecule has 2 aromatic rings. The second-order valence-electron chi connectivity index (χ2n) is 7.58.